The van der Waals surface area contributed by atoms with Gasteiger partial charge in [0.2, 0.25) is 0 Å². The highest BCUT2D eigenvalue weighted by Gasteiger charge is 2.17. The highest BCUT2D eigenvalue weighted by Crippen LogP contribution is 2.17. The highest BCUT2D eigenvalue weighted by atomic mass is 19.1. The van der Waals surface area contributed by atoms with Gasteiger partial charge in [0, 0.05) is 25.5 Å². The Bertz CT molecular complexity index is 671. The van der Waals surface area contributed by atoms with Crippen LogP contribution in [0.4, 0.5) is 4.39 Å². The summed E-state index contributed by atoms with van der Waals surface area (Å²) in [5, 5.41) is 11.8. The van der Waals surface area contributed by atoms with Crippen LogP contribution in [-0.2, 0) is 4.74 Å². The maximum Gasteiger partial charge on any atom is 0.269 e. The SMILES string of the molecule is COCCNC(=O)c1c(C#N)ccn1-c1ccc(F)cc1. The molecule has 0 unspecified atom stereocenters. The number of carbonyl (C=O) groups is 1. The Kier molecular flexibility index (Phi) is 4.69. The quantitative estimate of drug-likeness (QED) is 0.854. The minimum absolute atomic E-state index is 0.222. The summed E-state index contributed by atoms with van der Waals surface area (Å²) < 4.78 is 19.4. The normalized spacial score (nSPS) is 10.1. The summed E-state index contributed by atoms with van der Waals surface area (Å²) >= 11 is 0. The predicted octanol–water partition coefficient (Wildman–Crippen LogP) is 1.86. The fourth-order valence-electron chi connectivity index (χ4n) is 1.92. The summed E-state index contributed by atoms with van der Waals surface area (Å²) in [5.74, 6) is -0.740. The van der Waals surface area contributed by atoms with Crippen molar-refractivity contribution in [2.45, 2.75) is 0 Å². The largest absolute Gasteiger partial charge is 0.383 e. The van der Waals surface area contributed by atoms with E-state index in [9.17, 15) is 9.18 Å². The van der Waals surface area contributed by atoms with E-state index in [-0.39, 0.29) is 23.0 Å². The minimum atomic E-state index is -0.377. The zero-order valence-electron chi connectivity index (χ0n) is 11.5. The van der Waals surface area contributed by atoms with E-state index < -0.39 is 0 Å². The molecule has 1 heterocycles. The lowest BCUT2D eigenvalue weighted by Crippen LogP contribution is -2.29. The number of hydrogen-bond acceptors (Lipinski definition) is 3. The Hall–Kier alpha value is -2.65. The van der Waals surface area contributed by atoms with Gasteiger partial charge < -0.3 is 14.6 Å². The molecule has 1 aromatic heterocycles. The molecule has 0 saturated heterocycles. The van der Waals surface area contributed by atoms with Crippen molar-refractivity contribution in [3.05, 3.63) is 53.6 Å². The summed E-state index contributed by atoms with van der Waals surface area (Å²) in [6.45, 7) is 0.722. The van der Waals surface area contributed by atoms with Crippen molar-refractivity contribution in [1.82, 2.24) is 9.88 Å². The van der Waals surface area contributed by atoms with E-state index in [2.05, 4.69) is 5.32 Å². The molecule has 0 fully saturated rings. The maximum absolute atomic E-state index is 13.0. The Morgan fingerprint density at radius 1 is 1.38 bits per heavy atom. The first-order chi connectivity index (χ1) is 10.2. The van der Waals surface area contributed by atoms with Gasteiger partial charge in [-0.2, -0.15) is 5.26 Å². The smallest absolute Gasteiger partial charge is 0.269 e. The number of benzene rings is 1. The Balaban J connectivity index is 2.35. The first kappa shape index (κ1) is 14.8. The van der Waals surface area contributed by atoms with Crippen molar-refractivity contribution in [2.75, 3.05) is 20.3 Å². The summed E-state index contributed by atoms with van der Waals surface area (Å²) in [6, 6.07) is 9.22. The van der Waals surface area contributed by atoms with Gasteiger partial charge in [-0.25, -0.2) is 4.39 Å². The van der Waals surface area contributed by atoms with E-state index in [1.165, 1.54) is 19.2 Å². The average Bonchev–Trinajstić information content (AvgIpc) is 2.92. The first-order valence-corrected chi connectivity index (χ1v) is 6.32. The molecule has 21 heavy (non-hydrogen) atoms. The summed E-state index contributed by atoms with van der Waals surface area (Å²) in [7, 11) is 1.54. The zero-order valence-corrected chi connectivity index (χ0v) is 11.5. The van der Waals surface area contributed by atoms with Crippen LogP contribution in [0.2, 0.25) is 0 Å². The molecule has 1 aromatic carbocycles. The van der Waals surface area contributed by atoms with Crippen LogP contribution in [-0.4, -0.2) is 30.7 Å². The number of halogens is 1. The van der Waals surface area contributed by atoms with E-state index in [1.807, 2.05) is 6.07 Å². The average molecular weight is 287 g/mol. The van der Waals surface area contributed by atoms with Crippen LogP contribution in [0.15, 0.2) is 36.5 Å². The third-order valence-electron chi connectivity index (χ3n) is 2.92. The molecule has 6 heteroatoms. The van der Waals surface area contributed by atoms with Crippen LogP contribution in [0.1, 0.15) is 16.1 Å². The van der Waals surface area contributed by atoms with E-state index >= 15 is 0 Å². The van der Waals surface area contributed by atoms with E-state index in [1.54, 1.807) is 29.0 Å². The second-order valence-corrected chi connectivity index (χ2v) is 4.28. The number of carbonyl (C=O) groups excluding carboxylic acids is 1. The van der Waals surface area contributed by atoms with Gasteiger partial charge >= 0.3 is 0 Å². The molecule has 0 saturated carbocycles. The minimum Gasteiger partial charge on any atom is -0.383 e. The molecule has 5 nitrogen and oxygen atoms in total. The van der Waals surface area contributed by atoms with E-state index in [0.29, 0.717) is 18.8 Å². The topological polar surface area (TPSA) is 67.0 Å². The van der Waals surface area contributed by atoms with Crippen molar-refractivity contribution in [3.63, 3.8) is 0 Å². The van der Waals surface area contributed by atoms with Crippen LogP contribution >= 0.6 is 0 Å². The monoisotopic (exact) mass is 287 g/mol. The number of rotatable bonds is 5. The Morgan fingerprint density at radius 3 is 2.71 bits per heavy atom. The zero-order chi connectivity index (χ0) is 15.2. The second-order valence-electron chi connectivity index (χ2n) is 4.28. The van der Waals surface area contributed by atoms with Crippen LogP contribution in [0, 0.1) is 17.1 Å². The molecule has 1 N–H and O–H groups in total. The molecule has 0 spiro atoms. The molecule has 108 valence electrons. The van der Waals surface area contributed by atoms with Crippen molar-refractivity contribution in [3.8, 4) is 11.8 Å². The molecular formula is C15H14FN3O2. The lowest BCUT2D eigenvalue weighted by atomic mass is 10.2. The number of nitriles is 1. The van der Waals surface area contributed by atoms with Gasteiger partial charge in [-0.1, -0.05) is 0 Å². The predicted molar refractivity (Wildman–Crippen MR) is 74.7 cm³/mol. The van der Waals surface area contributed by atoms with Crippen molar-refractivity contribution in [2.24, 2.45) is 0 Å². The number of nitrogens with zero attached hydrogens (tertiary/aromatic N) is 2. The lowest BCUT2D eigenvalue weighted by molar-refractivity contribution is 0.0930. The van der Waals surface area contributed by atoms with Gasteiger partial charge in [0.1, 0.15) is 17.6 Å². The first-order valence-electron chi connectivity index (χ1n) is 6.32. The maximum atomic E-state index is 13.0. The van der Waals surface area contributed by atoms with Crippen molar-refractivity contribution < 1.29 is 13.9 Å². The van der Waals surface area contributed by atoms with Gasteiger partial charge in [0.05, 0.1) is 12.2 Å². The number of nitrogens with one attached hydrogen (secondary N) is 1. The molecule has 2 rings (SSSR count). The van der Waals surface area contributed by atoms with Crippen LogP contribution in [0.25, 0.3) is 5.69 Å². The number of methoxy groups -OCH3 is 1. The number of amides is 1. The third kappa shape index (κ3) is 3.27. The fraction of sp³-hybridized carbons (Fsp3) is 0.200. The lowest BCUT2D eigenvalue weighted by Gasteiger charge is -2.10. The third-order valence-corrected chi connectivity index (χ3v) is 2.92. The van der Waals surface area contributed by atoms with Crippen LogP contribution < -0.4 is 5.32 Å². The van der Waals surface area contributed by atoms with Crippen LogP contribution in [0.5, 0.6) is 0 Å². The van der Waals surface area contributed by atoms with Gasteiger partial charge in [-0.15, -0.1) is 0 Å². The summed E-state index contributed by atoms with van der Waals surface area (Å²) in [4.78, 5) is 12.2. The van der Waals surface area contributed by atoms with Gasteiger partial charge in [0.15, 0.2) is 0 Å². The Morgan fingerprint density at radius 2 is 2.10 bits per heavy atom. The molecule has 0 radical (unpaired) electrons. The van der Waals surface area contributed by atoms with E-state index in [4.69, 9.17) is 10.00 Å². The van der Waals surface area contributed by atoms with Gasteiger partial charge in [-0.05, 0) is 30.3 Å². The Labute approximate surface area is 121 Å². The molecule has 2 aromatic rings. The molecule has 0 atom stereocenters. The van der Waals surface area contributed by atoms with Gasteiger partial charge in [-0.3, -0.25) is 4.79 Å². The van der Waals surface area contributed by atoms with Crippen molar-refractivity contribution >= 4 is 5.91 Å². The molecule has 0 bridgehead atoms. The molecule has 0 aliphatic rings. The van der Waals surface area contributed by atoms with E-state index in [0.717, 1.165) is 0 Å². The number of ether oxygens (including phenoxy) is 1. The van der Waals surface area contributed by atoms with Crippen LogP contribution in [0.3, 0.4) is 0 Å². The molecule has 0 aliphatic heterocycles. The fourth-order valence-corrected chi connectivity index (χ4v) is 1.92. The van der Waals surface area contributed by atoms with Crippen molar-refractivity contribution in [1.29, 1.82) is 5.26 Å². The standard InChI is InChI=1S/C15H14FN3O2/c1-21-9-7-18-15(20)14-11(10-17)6-8-19(14)13-4-2-12(16)3-5-13/h2-6,8H,7,9H2,1H3,(H,18,20). The second kappa shape index (κ2) is 6.68. The highest BCUT2D eigenvalue weighted by molar-refractivity contribution is 5.95. The molecule has 0 aliphatic carbocycles. The summed E-state index contributed by atoms with van der Waals surface area (Å²) in [6.07, 6.45) is 1.61. The number of hydrogen-bond donors (Lipinski definition) is 1. The number of aromatic nitrogens is 1. The van der Waals surface area contributed by atoms with Gasteiger partial charge in [0.25, 0.3) is 5.91 Å². The molecular weight excluding hydrogens is 273 g/mol. The molecule has 1 amide bonds. The summed E-state index contributed by atoms with van der Waals surface area (Å²) in [5.41, 5.74) is 1.09.